The number of hydrogen-bond acceptors (Lipinski definition) is 0. The van der Waals surface area contributed by atoms with Gasteiger partial charge in [-0.3, -0.25) is 0 Å². The summed E-state index contributed by atoms with van der Waals surface area (Å²) in [5.74, 6) is 1.62. The standard InChI is InChI=1S/2C11H15.C2H6Si.Zr/c2*1-8-6-10-5-3-4-9(2)11(10)7-8;1-3-2;/h2*6-7,9H,3-5H2,1-2H3;1-2H3;/q2*-1;;+2. The predicted molar refractivity (Wildman–Crippen MR) is 114 cm³/mol. The predicted octanol–water partition coefficient (Wildman–Crippen LogP) is 7.09. The van der Waals surface area contributed by atoms with Gasteiger partial charge in [-0.2, -0.15) is 45.5 Å². The van der Waals surface area contributed by atoms with Gasteiger partial charge < -0.3 is 0 Å². The molecular formula is C24H36SiZr. The maximum atomic E-state index is 2.36. The maximum absolute atomic E-state index is 2.36. The Bertz CT molecular complexity index is 658. The van der Waals surface area contributed by atoms with E-state index in [1.54, 1.807) is 45.6 Å². The van der Waals surface area contributed by atoms with Crippen LogP contribution < -0.4 is 0 Å². The first kappa shape index (κ1) is 22.1. The van der Waals surface area contributed by atoms with E-state index in [-0.39, 0.29) is 5.43 Å². The first-order chi connectivity index (χ1) is 12.3. The molecule has 0 heterocycles. The zero-order chi connectivity index (χ0) is 19.3. The molecule has 0 amide bonds. The Hall–Kier alpha value is -0.200. The summed E-state index contributed by atoms with van der Waals surface area (Å²) in [5.41, 5.74) is 9.57. The maximum Gasteiger partial charge on any atom is -0.0512 e. The van der Waals surface area contributed by atoms with E-state index in [0.29, 0.717) is 0 Å². The van der Waals surface area contributed by atoms with Gasteiger partial charge in [0.05, 0.1) is 0 Å². The van der Waals surface area contributed by atoms with Gasteiger partial charge in [0.1, 0.15) is 0 Å². The third kappa shape index (κ3) is 6.45. The van der Waals surface area contributed by atoms with Crippen molar-refractivity contribution in [3.63, 3.8) is 0 Å². The minimum absolute atomic E-state index is 0.210. The first-order valence-electron chi connectivity index (χ1n) is 10.3. The summed E-state index contributed by atoms with van der Waals surface area (Å²) < 4.78 is 0. The van der Waals surface area contributed by atoms with Gasteiger partial charge in [-0.1, -0.05) is 78.1 Å². The molecule has 0 radical (unpaired) electrons. The molecular weight excluding hydrogens is 408 g/mol. The second-order valence-electron chi connectivity index (χ2n) is 8.61. The summed E-state index contributed by atoms with van der Waals surface area (Å²) in [6, 6.07) is 9.42. The normalized spacial score (nSPS) is 20.8. The van der Waals surface area contributed by atoms with E-state index in [1.165, 1.54) is 49.7 Å². The molecule has 26 heavy (non-hydrogen) atoms. The molecule has 0 saturated heterocycles. The van der Waals surface area contributed by atoms with Crippen LogP contribution in [0.1, 0.15) is 84.7 Å². The summed E-state index contributed by atoms with van der Waals surface area (Å²) in [5, 5.41) is 0. The number of aryl methyl sites for hydroxylation is 4. The summed E-state index contributed by atoms with van der Waals surface area (Å²) >= 11 is 1.74. The molecule has 0 nitrogen and oxygen atoms in total. The summed E-state index contributed by atoms with van der Waals surface area (Å²) in [6.07, 6.45) is 8.17. The summed E-state index contributed by atoms with van der Waals surface area (Å²) in [6.45, 7) is 13.7. The van der Waals surface area contributed by atoms with Crippen LogP contribution >= 0.6 is 0 Å². The number of rotatable bonds is 0. The molecule has 2 aliphatic carbocycles. The molecule has 2 unspecified atom stereocenters. The minimum Gasteiger partial charge on any atom is -0.207 e. The molecule has 0 fully saturated rings. The van der Waals surface area contributed by atoms with Gasteiger partial charge in [0.2, 0.25) is 0 Å². The molecule has 2 atom stereocenters. The molecule has 0 saturated carbocycles. The monoisotopic (exact) mass is 442 g/mol. The zero-order valence-electron chi connectivity index (χ0n) is 17.7. The van der Waals surface area contributed by atoms with Crippen LogP contribution in [0.5, 0.6) is 0 Å². The summed E-state index contributed by atoms with van der Waals surface area (Å²) in [7, 11) is 0. The van der Waals surface area contributed by atoms with Crippen molar-refractivity contribution in [1.29, 1.82) is 0 Å². The van der Waals surface area contributed by atoms with Gasteiger partial charge in [0, 0.05) is 0 Å². The van der Waals surface area contributed by atoms with Crippen molar-refractivity contribution in [3.05, 3.63) is 57.6 Å². The zero-order valence-corrected chi connectivity index (χ0v) is 21.2. The Morgan fingerprint density at radius 2 is 1.19 bits per heavy atom. The van der Waals surface area contributed by atoms with Crippen molar-refractivity contribution >= 4 is 5.43 Å². The quantitative estimate of drug-likeness (QED) is 0.301. The molecule has 0 N–H and O–H groups in total. The van der Waals surface area contributed by atoms with Crippen LogP contribution in [0.3, 0.4) is 0 Å². The topological polar surface area (TPSA) is 0 Å². The van der Waals surface area contributed by atoms with E-state index in [9.17, 15) is 0 Å². The molecule has 2 aliphatic rings. The fourth-order valence-corrected chi connectivity index (χ4v) is 4.33. The SMILES string of the molecule is C[Si](C)=[Zr+2].Cc1cc2c([cH-]1)CCCC2C.Cc1cc2c([cH-]1)CCCC2C. The van der Waals surface area contributed by atoms with Gasteiger partial charge >= 0.3 is 41.9 Å². The first-order valence-corrected chi connectivity index (χ1v) is 16.5. The van der Waals surface area contributed by atoms with E-state index in [2.05, 4.69) is 65.1 Å². The van der Waals surface area contributed by atoms with Crippen molar-refractivity contribution < 1.29 is 23.3 Å². The van der Waals surface area contributed by atoms with Crippen LogP contribution in [-0.2, 0) is 36.2 Å². The number of hydrogen-bond donors (Lipinski definition) is 0. The largest absolute Gasteiger partial charge is 0.207 e. The van der Waals surface area contributed by atoms with E-state index in [1.807, 2.05) is 0 Å². The van der Waals surface area contributed by atoms with Gasteiger partial charge in [-0.05, 0) is 0 Å². The van der Waals surface area contributed by atoms with Gasteiger partial charge in [0.25, 0.3) is 0 Å². The number of fused-ring (bicyclic) bond motifs is 2. The smallest absolute Gasteiger partial charge is 0.0512 e. The van der Waals surface area contributed by atoms with E-state index in [4.69, 9.17) is 0 Å². The Labute approximate surface area is 176 Å². The van der Waals surface area contributed by atoms with Crippen molar-refractivity contribution in [2.24, 2.45) is 0 Å². The molecule has 2 aromatic carbocycles. The van der Waals surface area contributed by atoms with Crippen molar-refractivity contribution in [3.8, 4) is 0 Å². The van der Waals surface area contributed by atoms with Crippen LogP contribution in [0.25, 0.3) is 0 Å². The van der Waals surface area contributed by atoms with E-state index < -0.39 is 0 Å². The second kappa shape index (κ2) is 10.4. The van der Waals surface area contributed by atoms with Crippen molar-refractivity contribution in [1.82, 2.24) is 0 Å². The molecule has 0 bridgehead atoms. The molecule has 140 valence electrons. The second-order valence-corrected chi connectivity index (χ2v) is 18.0. The molecule has 2 heteroatoms. The fraction of sp³-hybridized carbons (Fsp3) is 0.583. The van der Waals surface area contributed by atoms with Crippen LogP contribution in [0, 0.1) is 13.8 Å². The van der Waals surface area contributed by atoms with Gasteiger partial charge in [-0.25, -0.2) is 12.1 Å². The average molecular weight is 444 g/mol. The van der Waals surface area contributed by atoms with Crippen LogP contribution in [0.15, 0.2) is 24.3 Å². The van der Waals surface area contributed by atoms with E-state index in [0.717, 1.165) is 11.8 Å². The third-order valence-electron chi connectivity index (χ3n) is 5.54. The Balaban J connectivity index is 0.000000156. The van der Waals surface area contributed by atoms with Gasteiger partial charge in [-0.15, -0.1) is 0 Å². The average Bonchev–Trinajstić information content (AvgIpc) is 3.11. The minimum atomic E-state index is 0.210. The summed E-state index contributed by atoms with van der Waals surface area (Å²) in [4.78, 5) is 0. The Morgan fingerprint density at radius 3 is 1.50 bits per heavy atom. The van der Waals surface area contributed by atoms with E-state index >= 15 is 0 Å². The van der Waals surface area contributed by atoms with Crippen LogP contribution in [0.2, 0.25) is 13.1 Å². The Kier molecular flexibility index (Phi) is 8.81. The van der Waals surface area contributed by atoms with Crippen molar-refractivity contribution in [2.75, 3.05) is 0 Å². The molecule has 0 aliphatic heterocycles. The molecule has 2 aromatic rings. The Morgan fingerprint density at radius 1 is 0.846 bits per heavy atom. The third-order valence-corrected chi connectivity index (χ3v) is 5.54. The molecule has 4 rings (SSSR count). The van der Waals surface area contributed by atoms with Gasteiger partial charge in [0.15, 0.2) is 0 Å². The van der Waals surface area contributed by atoms with Crippen LogP contribution in [0.4, 0.5) is 0 Å². The fourth-order valence-electron chi connectivity index (χ4n) is 4.33. The van der Waals surface area contributed by atoms with Crippen LogP contribution in [-0.4, -0.2) is 5.43 Å². The van der Waals surface area contributed by atoms with Crippen molar-refractivity contribution in [2.45, 2.75) is 91.1 Å². The molecule has 0 aromatic heterocycles. The molecule has 0 spiro atoms.